The van der Waals surface area contributed by atoms with Crippen LogP contribution < -0.4 is 0 Å². The third kappa shape index (κ3) is 2.38. The number of carbonyl (C=O) groups is 1. The molecule has 1 heterocycles. The highest BCUT2D eigenvalue weighted by Gasteiger charge is 2.28. The molecule has 1 amide bonds. The van der Waals surface area contributed by atoms with Gasteiger partial charge < -0.3 is 10.0 Å². The molecule has 0 aliphatic heterocycles. The molecule has 0 spiro atoms. The molecule has 6 nitrogen and oxygen atoms in total. The third-order valence-corrected chi connectivity index (χ3v) is 2.95. The fourth-order valence-corrected chi connectivity index (χ4v) is 1.86. The maximum absolute atomic E-state index is 12.0. The Hall–Kier alpha value is -1.43. The Morgan fingerprint density at radius 1 is 1.56 bits per heavy atom. The molecule has 88 valence electrons. The molecule has 0 saturated heterocycles. The maximum atomic E-state index is 12.0. The van der Waals surface area contributed by atoms with Gasteiger partial charge in [0, 0.05) is 18.8 Å². The minimum absolute atomic E-state index is 0.00394. The first-order valence-electron chi connectivity index (χ1n) is 5.55. The van der Waals surface area contributed by atoms with Crippen LogP contribution in [0, 0.1) is 0 Å². The van der Waals surface area contributed by atoms with Crippen molar-refractivity contribution in [3.05, 3.63) is 12.4 Å². The molecular formula is C10H16N4O2. The van der Waals surface area contributed by atoms with E-state index in [0.717, 1.165) is 12.8 Å². The molecule has 16 heavy (non-hydrogen) atoms. The second kappa shape index (κ2) is 5.07. The predicted octanol–water partition coefficient (Wildman–Crippen LogP) is -0.349. The Kier molecular flexibility index (Phi) is 3.51. The molecule has 0 unspecified atom stereocenters. The summed E-state index contributed by atoms with van der Waals surface area (Å²) in [5.74, 6) is 0.00394. The van der Waals surface area contributed by atoms with Crippen molar-refractivity contribution in [3.63, 3.8) is 0 Å². The first-order chi connectivity index (χ1) is 7.81. The van der Waals surface area contributed by atoms with E-state index < -0.39 is 0 Å². The van der Waals surface area contributed by atoms with Gasteiger partial charge in [0.1, 0.15) is 6.54 Å². The molecule has 0 aromatic carbocycles. The van der Waals surface area contributed by atoms with Crippen molar-refractivity contribution in [1.29, 1.82) is 0 Å². The number of amides is 1. The van der Waals surface area contributed by atoms with Crippen LogP contribution in [0.25, 0.3) is 0 Å². The van der Waals surface area contributed by atoms with Gasteiger partial charge in [0.2, 0.25) is 5.91 Å². The average Bonchev–Trinajstić information content (AvgIpc) is 2.67. The quantitative estimate of drug-likeness (QED) is 0.742. The van der Waals surface area contributed by atoms with Gasteiger partial charge in [-0.3, -0.25) is 4.79 Å². The fourth-order valence-electron chi connectivity index (χ4n) is 1.86. The number of carbonyl (C=O) groups excluding carboxylic acids is 1. The number of nitrogens with zero attached hydrogens (tertiary/aromatic N) is 4. The topological polar surface area (TPSA) is 71.2 Å². The SMILES string of the molecule is O=C(Cn1ccnn1)N(CCO)C1CCC1. The summed E-state index contributed by atoms with van der Waals surface area (Å²) in [5, 5.41) is 16.4. The first kappa shape index (κ1) is 11.1. The lowest BCUT2D eigenvalue weighted by Gasteiger charge is -2.37. The summed E-state index contributed by atoms with van der Waals surface area (Å²) in [4.78, 5) is 13.7. The van der Waals surface area contributed by atoms with Gasteiger partial charge in [0.25, 0.3) is 0 Å². The molecule has 1 fully saturated rings. The van der Waals surface area contributed by atoms with E-state index in [1.54, 1.807) is 17.3 Å². The van der Waals surface area contributed by atoms with Crippen molar-refractivity contribution in [2.75, 3.05) is 13.2 Å². The van der Waals surface area contributed by atoms with Crippen LogP contribution in [-0.4, -0.2) is 50.1 Å². The number of aliphatic hydroxyl groups is 1. The van der Waals surface area contributed by atoms with Crippen LogP contribution in [-0.2, 0) is 11.3 Å². The smallest absolute Gasteiger partial charge is 0.244 e. The maximum Gasteiger partial charge on any atom is 0.244 e. The average molecular weight is 224 g/mol. The van der Waals surface area contributed by atoms with Crippen LogP contribution in [0.3, 0.4) is 0 Å². The first-order valence-corrected chi connectivity index (χ1v) is 5.55. The minimum atomic E-state index is 0.00394. The number of hydrogen-bond acceptors (Lipinski definition) is 4. The summed E-state index contributed by atoms with van der Waals surface area (Å²) in [6, 6.07) is 0.308. The lowest BCUT2D eigenvalue weighted by molar-refractivity contribution is -0.136. The van der Waals surface area contributed by atoms with Gasteiger partial charge >= 0.3 is 0 Å². The van der Waals surface area contributed by atoms with Gasteiger partial charge in [-0.05, 0) is 19.3 Å². The van der Waals surface area contributed by atoms with Crippen LogP contribution >= 0.6 is 0 Å². The zero-order valence-electron chi connectivity index (χ0n) is 9.12. The fraction of sp³-hybridized carbons (Fsp3) is 0.700. The third-order valence-electron chi connectivity index (χ3n) is 2.95. The number of aromatic nitrogens is 3. The highest BCUT2D eigenvalue weighted by Crippen LogP contribution is 2.24. The van der Waals surface area contributed by atoms with E-state index in [4.69, 9.17) is 5.11 Å². The molecule has 6 heteroatoms. The summed E-state index contributed by atoms with van der Waals surface area (Å²) >= 11 is 0. The lowest BCUT2D eigenvalue weighted by atomic mass is 9.91. The highest BCUT2D eigenvalue weighted by atomic mass is 16.3. The van der Waals surface area contributed by atoms with Gasteiger partial charge in [0.15, 0.2) is 0 Å². The summed E-state index contributed by atoms with van der Waals surface area (Å²) in [7, 11) is 0. The molecule has 0 atom stereocenters. The standard InChI is InChI=1S/C10H16N4O2/c15-7-6-14(9-2-1-3-9)10(16)8-13-5-4-11-12-13/h4-5,9,15H,1-3,6-8H2. The minimum Gasteiger partial charge on any atom is -0.395 e. The van der Waals surface area contributed by atoms with E-state index in [1.807, 2.05) is 0 Å². The van der Waals surface area contributed by atoms with Crippen LogP contribution in [0.2, 0.25) is 0 Å². The summed E-state index contributed by atoms with van der Waals surface area (Å²) in [5.41, 5.74) is 0. The van der Waals surface area contributed by atoms with Crippen LogP contribution in [0.5, 0.6) is 0 Å². The number of hydrogen-bond donors (Lipinski definition) is 1. The van der Waals surface area contributed by atoms with E-state index in [-0.39, 0.29) is 19.1 Å². The van der Waals surface area contributed by atoms with Gasteiger partial charge in [-0.1, -0.05) is 5.21 Å². The van der Waals surface area contributed by atoms with Crippen molar-refractivity contribution in [1.82, 2.24) is 19.9 Å². The molecule has 2 rings (SSSR count). The zero-order valence-corrected chi connectivity index (χ0v) is 9.12. The van der Waals surface area contributed by atoms with Gasteiger partial charge in [-0.15, -0.1) is 5.10 Å². The molecule has 0 radical (unpaired) electrons. The largest absolute Gasteiger partial charge is 0.395 e. The second-order valence-electron chi connectivity index (χ2n) is 4.00. The van der Waals surface area contributed by atoms with Crippen molar-refractivity contribution in [3.8, 4) is 0 Å². The normalized spacial score (nSPS) is 15.8. The van der Waals surface area contributed by atoms with Crippen molar-refractivity contribution in [2.24, 2.45) is 0 Å². The van der Waals surface area contributed by atoms with Crippen LogP contribution in [0.4, 0.5) is 0 Å². The molecule has 1 aromatic heterocycles. The molecule has 0 bridgehead atoms. The van der Waals surface area contributed by atoms with E-state index in [2.05, 4.69) is 10.3 Å². The van der Waals surface area contributed by atoms with Crippen molar-refractivity contribution >= 4 is 5.91 Å². The Labute approximate surface area is 93.9 Å². The van der Waals surface area contributed by atoms with Crippen LogP contribution in [0.1, 0.15) is 19.3 Å². The number of rotatable bonds is 5. The van der Waals surface area contributed by atoms with Crippen molar-refractivity contribution < 1.29 is 9.90 Å². The Balaban J connectivity index is 1.93. The molecule has 1 aromatic rings. The highest BCUT2D eigenvalue weighted by molar-refractivity contribution is 5.76. The van der Waals surface area contributed by atoms with Gasteiger partial charge in [-0.25, -0.2) is 4.68 Å². The van der Waals surface area contributed by atoms with Crippen molar-refractivity contribution in [2.45, 2.75) is 31.8 Å². The van der Waals surface area contributed by atoms with Gasteiger partial charge in [0.05, 0.1) is 12.8 Å². The Morgan fingerprint density at radius 2 is 2.38 bits per heavy atom. The predicted molar refractivity (Wildman–Crippen MR) is 56.5 cm³/mol. The molecule has 1 N–H and O–H groups in total. The Bertz CT molecular complexity index is 335. The monoisotopic (exact) mass is 224 g/mol. The van der Waals surface area contributed by atoms with Crippen LogP contribution in [0.15, 0.2) is 12.4 Å². The molecule has 1 aliphatic rings. The van der Waals surface area contributed by atoms with E-state index in [0.29, 0.717) is 12.6 Å². The zero-order chi connectivity index (χ0) is 11.4. The lowest BCUT2D eigenvalue weighted by Crippen LogP contribution is -2.47. The second-order valence-corrected chi connectivity index (χ2v) is 4.00. The molecule has 1 saturated carbocycles. The molecule has 1 aliphatic carbocycles. The number of aliphatic hydroxyl groups excluding tert-OH is 1. The summed E-state index contributed by atoms with van der Waals surface area (Å²) in [6.07, 6.45) is 6.47. The van der Waals surface area contributed by atoms with E-state index >= 15 is 0 Å². The summed E-state index contributed by atoms with van der Waals surface area (Å²) in [6.45, 7) is 0.633. The molecular weight excluding hydrogens is 208 g/mol. The van der Waals surface area contributed by atoms with E-state index in [1.165, 1.54) is 11.1 Å². The van der Waals surface area contributed by atoms with Gasteiger partial charge in [-0.2, -0.15) is 0 Å². The summed E-state index contributed by atoms with van der Waals surface area (Å²) < 4.78 is 1.51. The van der Waals surface area contributed by atoms with E-state index in [9.17, 15) is 4.79 Å². The Morgan fingerprint density at radius 3 is 2.88 bits per heavy atom.